The van der Waals surface area contributed by atoms with E-state index in [1.165, 1.54) is 0 Å². The Labute approximate surface area is 260 Å². The zero-order valence-electron chi connectivity index (χ0n) is 10.9. The standard InChI is InChI=1S/Ir.3K.6HNO2/c;;;;6*2-1-3/h;;;;6*(H,2,3)/q+3;3*+1;;;;;;/p-6. The molecule has 0 aliphatic rings. The first-order valence-corrected chi connectivity index (χ1v) is 2.19. The van der Waals surface area contributed by atoms with Crippen molar-refractivity contribution < 1.29 is 174 Å². The maximum Gasteiger partial charge on any atom is 3.00 e. The molecule has 0 spiro atoms. The largest absolute Gasteiger partial charge is 3.00 e. The Bertz CT molecular complexity index is 126. The summed E-state index contributed by atoms with van der Waals surface area (Å²) in [6.45, 7) is 0. The molecular formula is IrK3N6O12. The molecule has 0 saturated heterocycles. The van der Waals surface area contributed by atoms with E-state index in [-0.39, 0.29) is 174 Å². The van der Waals surface area contributed by atoms with Crippen LogP contribution in [0, 0.1) is 60.7 Å². The van der Waals surface area contributed by atoms with E-state index in [1.807, 2.05) is 0 Å². The maximum atomic E-state index is 8.00. The van der Waals surface area contributed by atoms with Crippen LogP contribution in [0.5, 0.6) is 0 Å². The molecule has 0 aromatic rings. The fraction of sp³-hybridized carbons (Fsp3) is 0. The summed E-state index contributed by atoms with van der Waals surface area (Å²) in [5.74, 6) is 0. The fourth-order valence-corrected chi connectivity index (χ4v) is 0. The summed E-state index contributed by atoms with van der Waals surface area (Å²) in [6, 6.07) is 0. The molecule has 0 heterocycles. The van der Waals surface area contributed by atoms with Gasteiger partial charge in [0.25, 0.3) is 0 Å². The van der Waals surface area contributed by atoms with Crippen molar-refractivity contribution in [1.29, 1.82) is 0 Å². The summed E-state index contributed by atoms with van der Waals surface area (Å²) in [6.07, 6.45) is 0. The van der Waals surface area contributed by atoms with Gasteiger partial charge in [-0.1, -0.05) is 0 Å². The summed E-state index contributed by atoms with van der Waals surface area (Å²) in [7, 11) is 0. The van der Waals surface area contributed by atoms with Crippen LogP contribution in [0.2, 0.25) is 0 Å². The molecule has 0 aliphatic heterocycles. The fourth-order valence-electron chi connectivity index (χ4n) is 0. The number of hydrogen-bond acceptors (Lipinski definition) is 18. The zero-order valence-corrected chi connectivity index (χ0v) is 22.7. The Morgan fingerprint density at radius 3 is 0.364 bits per heavy atom. The molecule has 0 saturated carbocycles. The average molecular weight is 586 g/mol. The minimum atomic E-state index is 0. The Kier molecular flexibility index (Phi) is 515. The second-order valence-electron chi connectivity index (χ2n) is 0.447. The Morgan fingerprint density at radius 2 is 0.364 bits per heavy atom. The summed E-state index contributed by atoms with van der Waals surface area (Å²) in [5, 5.41) is 54.0. The van der Waals surface area contributed by atoms with Crippen LogP contribution in [-0.2, 0) is 20.1 Å². The van der Waals surface area contributed by atoms with Gasteiger partial charge in [-0.05, 0) is 0 Å². The van der Waals surface area contributed by atoms with Crippen molar-refractivity contribution in [1.82, 2.24) is 0 Å². The van der Waals surface area contributed by atoms with Crippen LogP contribution in [0.1, 0.15) is 0 Å². The Hall–Kier alpha value is 1.96. The van der Waals surface area contributed by atoms with Crippen LogP contribution in [0.3, 0.4) is 0 Å². The van der Waals surface area contributed by atoms with Crippen LogP contribution in [0.4, 0.5) is 0 Å². The predicted molar refractivity (Wildman–Crippen MR) is 55.0 cm³/mol. The van der Waals surface area contributed by atoms with E-state index in [0.29, 0.717) is 0 Å². The predicted octanol–water partition coefficient (Wildman–Crippen LogP) is -7.49. The number of hydrogen-bond donors (Lipinski definition) is 0. The van der Waals surface area contributed by atoms with Crippen LogP contribution in [-0.4, -0.2) is 0 Å². The van der Waals surface area contributed by atoms with Crippen molar-refractivity contribution in [3.05, 3.63) is 60.7 Å². The molecule has 0 aromatic carbocycles. The molecule has 0 rings (SSSR count). The van der Waals surface area contributed by atoms with E-state index < -0.39 is 0 Å². The van der Waals surface area contributed by atoms with Gasteiger partial charge < -0.3 is 60.7 Å². The molecule has 0 aromatic heterocycles. The van der Waals surface area contributed by atoms with Gasteiger partial charge in [-0.3, -0.25) is 0 Å². The maximum absolute atomic E-state index is 8.00. The van der Waals surface area contributed by atoms with Gasteiger partial charge in [0.1, 0.15) is 0 Å². The van der Waals surface area contributed by atoms with Gasteiger partial charge >= 0.3 is 174 Å². The van der Waals surface area contributed by atoms with Crippen molar-refractivity contribution in [2.75, 3.05) is 0 Å². The Morgan fingerprint density at radius 1 is 0.364 bits per heavy atom. The van der Waals surface area contributed by atoms with Crippen LogP contribution in [0.25, 0.3) is 0 Å². The quantitative estimate of drug-likeness (QED) is 0.145. The number of nitrogens with zero attached hydrogens (tertiary/aromatic N) is 6. The van der Waals surface area contributed by atoms with Crippen LogP contribution >= 0.6 is 0 Å². The van der Waals surface area contributed by atoms with Crippen molar-refractivity contribution in [2.45, 2.75) is 0 Å². The molecule has 0 N–H and O–H groups in total. The first-order chi connectivity index (χ1) is 8.49. The van der Waals surface area contributed by atoms with E-state index in [0.717, 1.165) is 32.0 Å². The molecule has 0 bridgehead atoms. The first-order valence-electron chi connectivity index (χ1n) is 2.19. The molecule has 0 amide bonds. The van der Waals surface area contributed by atoms with Gasteiger partial charge in [0.15, 0.2) is 0 Å². The molecule has 0 fully saturated rings. The van der Waals surface area contributed by atoms with E-state index in [2.05, 4.69) is 0 Å². The van der Waals surface area contributed by atoms with Crippen LogP contribution < -0.4 is 154 Å². The van der Waals surface area contributed by atoms with Gasteiger partial charge in [0.05, 0.1) is 0 Å². The third-order valence-electron chi connectivity index (χ3n) is 0. The van der Waals surface area contributed by atoms with E-state index >= 15 is 0 Å². The summed E-state index contributed by atoms with van der Waals surface area (Å²) < 4.78 is 0. The smallest absolute Gasteiger partial charge is 0.444 e. The van der Waals surface area contributed by atoms with Gasteiger partial charge in [-0.15, -0.1) is 32.0 Å². The molecule has 22 heteroatoms. The molecule has 22 heavy (non-hydrogen) atoms. The molecular weight excluding hydrogens is 586 g/mol. The third-order valence-corrected chi connectivity index (χ3v) is 0. The topological polar surface area (TPSA) is 315 Å². The minimum Gasteiger partial charge on any atom is -0.444 e. The average Bonchev–Trinajstić information content (AvgIpc) is 2.23. The number of rotatable bonds is 0. The van der Waals surface area contributed by atoms with E-state index in [9.17, 15) is 0 Å². The van der Waals surface area contributed by atoms with Gasteiger partial charge in [0, 0.05) is 0 Å². The molecule has 0 atom stereocenters. The summed E-state index contributed by atoms with van der Waals surface area (Å²) in [5.41, 5.74) is 0. The summed E-state index contributed by atoms with van der Waals surface area (Å²) in [4.78, 5) is 48.0. The minimum absolute atomic E-state index is 0. The van der Waals surface area contributed by atoms with Gasteiger partial charge in [0.2, 0.25) is 0 Å². The SMILES string of the molecule is O=N[O-].O=N[O-].O=N[O-].O=N[O-].O=N[O-].O=N[O-].[Ir+3].[K+].[K+].[K+]. The zero-order chi connectivity index (χ0) is 16.2. The second kappa shape index (κ2) is 175. The molecule has 0 radical (unpaired) electrons. The van der Waals surface area contributed by atoms with E-state index in [4.69, 9.17) is 60.7 Å². The van der Waals surface area contributed by atoms with Crippen LogP contribution in [0.15, 0.2) is 32.0 Å². The van der Waals surface area contributed by atoms with E-state index in [1.54, 1.807) is 0 Å². The van der Waals surface area contributed by atoms with Crippen molar-refractivity contribution in [3.63, 3.8) is 0 Å². The van der Waals surface area contributed by atoms with Crippen molar-refractivity contribution in [2.24, 2.45) is 32.0 Å². The third kappa shape index (κ3) is 2510. The first kappa shape index (κ1) is 64.8. The normalized spacial score (nSPS) is 3.27. The van der Waals surface area contributed by atoms with Gasteiger partial charge in [-0.25, -0.2) is 0 Å². The Balaban J connectivity index is -0.00000000947. The summed E-state index contributed by atoms with van der Waals surface area (Å²) >= 11 is 0. The molecule has 0 unspecified atom stereocenters. The van der Waals surface area contributed by atoms with Gasteiger partial charge in [-0.2, -0.15) is 0 Å². The monoisotopic (exact) mass is 586 g/mol. The second-order valence-corrected chi connectivity index (χ2v) is 0.447. The molecule has 114 valence electrons. The van der Waals surface area contributed by atoms with Crippen molar-refractivity contribution in [3.8, 4) is 0 Å². The molecule has 0 aliphatic carbocycles. The van der Waals surface area contributed by atoms with Crippen molar-refractivity contribution >= 4 is 0 Å². The molecule has 18 nitrogen and oxygen atoms in total.